The summed E-state index contributed by atoms with van der Waals surface area (Å²) < 4.78 is 27.2. The normalized spacial score (nSPS) is 14.6. The molecule has 8 nitrogen and oxygen atoms in total. The van der Waals surface area contributed by atoms with Crippen molar-refractivity contribution in [1.29, 1.82) is 0 Å². The van der Waals surface area contributed by atoms with E-state index in [4.69, 9.17) is 23.7 Å². The van der Waals surface area contributed by atoms with Crippen LogP contribution in [-0.2, 0) is 33.3 Å². The number of esters is 3. The Bertz CT molecular complexity index is 1080. The Morgan fingerprint density at radius 3 is 1.89 bits per heavy atom. The van der Waals surface area contributed by atoms with Gasteiger partial charge in [0.15, 0.2) is 0 Å². The summed E-state index contributed by atoms with van der Waals surface area (Å²) in [4.78, 5) is 34.9. The van der Waals surface area contributed by atoms with Crippen LogP contribution in [0.5, 0.6) is 5.75 Å². The van der Waals surface area contributed by atoms with Crippen molar-refractivity contribution >= 4 is 23.5 Å². The molecule has 0 radical (unpaired) electrons. The minimum Gasteiger partial charge on any atom is -0.492 e. The zero-order valence-corrected chi connectivity index (χ0v) is 21.0. The van der Waals surface area contributed by atoms with Gasteiger partial charge in [-0.3, -0.25) is 0 Å². The molecule has 1 aliphatic carbocycles. The fraction of sp³-hybridized carbons (Fsp3) is 0.321. The van der Waals surface area contributed by atoms with E-state index in [1.54, 1.807) is 39.0 Å². The third-order valence-electron chi connectivity index (χ3n) is 4.87. The van der Waals surface area contributed by atoms with Gasteiger partial charge < -0.3 is 23.7 Å². The number of ether oxygens (including phenoxy) is 5. The summed E-state index contributed by atoms with van der Waals surface area (Å²) in [5, 5.41) is 0. The summed E-state index contributed by atoms with van der Waals surface area (Å²) >= 11 is 0. The van der Waals surface area contributed by atoms with E-state index in [-0.39, 0.29) is 26.4 Å². The lowest BCUT2D eigenvalue weighted by atomic mass is 9.94. The second-order valence-electron chi connectivity index (χ2n) is 8.20. The summed E-state index contributed by atoms with van der Waals surface area (Å²) in [5.41, 5.74) is 2.82. The first kappa shape index (κ1) is 28.3. The summed E-state index contributed by atoms with van der Waals surface area (Å²) in [6.07, 6.45) is 3.73. The van der Waals surface area contributed by atoms with Crippen LogP contribution in [0.15, 0.2) is 78.6 Å². The summed E-state index contributed by atoms with van der Waals surface area (Å²) in [5.74, 6) is -0.480. The van der Waals surface area contributed by atoms with Crippen LogP contribution in [0, 0.1) is 0 Å². The molecule has 1 aromatic rings. The molecule has 0 bridgehead atoms. The van der Waals surface area contributed by atoms with Crippen molar-refractivity contribution in [3.8, 4) is 5.75 Å². The molecule has 1 aliphatic rings. The predicted molar refractivity (Wildman–Crippen MR) is 135 cm³/mol. The van der Waals surface area contributed by atoms with Gasteiger partial charge in [-0.25, -0.2) is 14.4 Å². The molecule has 0 saturated heterocycles. The Balaban J connectivity index is 2.06. The van der Waals surface area contributed by atoms with Crippen LogP contribution in [0.1, 0.15) is 32.8 Å². The molecule has 0 aromatic heterocycles. The van der Waals surface area contributed by atoms with E-state index in [0.29, 0.717) is 34.6 Å². The van der Waals surface area contributed by atoms with Crippen molar-refractivity contribution in [3.05, 3.63) is 84.2 Å². The molecule has 0 N–H and O–H groups in total. The first-order valence-corrected chi connectivity index (χ1v) is 11.4. The van der Waals surface area contributed by atoms with Crippen molar-refractivity contribution in [2.75, 3.05) is 26.4 Å². The number of carbonyl (C=O) groups is 3. The average Bonchev–Trinajstić information content (AvgIpc) is 2.84. The number of hydrogen-bond donors (Lipinski definition) is 0. The Labute approximate surface area is 211 Å². The summed E-state index contributed by atoms with van der Waals surface area (Å²) in [7, 11) is 0. The van der Waals surface area contributed by atoms with E-state index in [9.17, 15) is 14.4 Å². The van der Waals surface area contributed by atoms with Gasteiger partial charge in [-0.05, 0) is 50.1 Å². The Kier molecular flexibility index (Phi) is 10.9. The quantitative estimate of drug-likeness (QED) is 0.171. The van der Waals surface area contributed by atoms with Crippen molar-refractivity contribution in [2.24, 2.45) is 0 Å². The van der Waals surface area contributed by atoms with Crippen molar-refractivity contribution in [2.45, 2.75) is 33.3 Å². The molecule has 1 unspecified atom stereocenters. The third-order valence-corrected chi connectivity index (χ3v) is 4.87. The standard InChI is InChI=1S/C28H32O8/c1-18(2)26(29)34-15-13-32-24-12-9-22(17-25(24)33-14-16-35-27(30)19(3)4)21-7-10-23(11-8-21)36-28(31)20(5)6/h7-12,25H,1,3,5,13-17H2,2,4,6H3. The molecule has 0 saturated carbocycles. The van der Waals surface area contributed by atoms with Gasteiger partial charge in [0.2, 0.25) is 0 Å². The van der Waals surface area contributed by atoms with Gasteiger partial charge in [-0.2, -0.15) is 0 Å². The topological polar surface area (TPSA) is 97.4 Å². The molecule has 192 valence electrons. The number of hydrogen-bond acceptors (Lipinski definition) is 8. The minimum absolute atomic E-state index is 0.0624. The highest BCUT2D eigenvalue weighted by molar-refractivity contribution is 5.89. The highest BCUT2D eigenvalue weighted by Gasteiger charge is 2.23. The van der Waals surface area contributed by atoms with Gasteiger partial charge in [-0.1, -0.05) is 37.9 Å². The van der Waals surface area contributed by atoms with E-state index in [1.807, 2.05) is 18.2 Å². The molecule has 0 fully saturated rings. The first-order chi connectivity index (χ1) is 17.1. The lowest BCUT2D eigenvalue weighted by molar-refractivity contribution is -0.142. The first-order valence-electron chi connectivity index (χ1n) is 11.4. The molecule has 2 rings (SSSR count). The lowest BCUT2D eigenvalue weighted by Crippen LogP contribution is -2.24. The Hall–Kier alpha value is -3.91. The van der Waals surface area contributed by atoms with E-state index < -0.39 is 24.0 Å². The molecule has 8 heteroatoms. The molecule has 1 atom stereocenters. The molecular formula is C28H32O8. The maximum atomic E-state index is 11.7. The highest BCUT2D eigenvalue weighted by Crippen LogP contribution is 2.30. The van der Waals surface area contributed by atoms with Gasteiger partial charge in [-0.15, -0.1) is 0 Å². The molecule has 0 amide bonds. The Morgan fingerprint density at radius 2 is 1.33 bits per heavy atom. The van der Waals surface area contributed by atoms with Crippen LogP contribution in [0.3, 0.4) is 0 Å². The van der Waals surface area contributed by atoms with Crippen LogP contribution in [-0.4, -0.2) is 50.4 Å². The maximum Gasteiger partial charge on any atom is 0.338 e. The molecule has 1 aromatic carbocycles. The fourth-order valence-electron chi connectivity index (χ4n) is 2.95. The minimum atomic E-state index is -0.487. The third kappa shape index (κ3) is 9.03. The van der Waals surface area contributed by atoms with Gasteiger partial charge in [0.25, 0.3) is 0 Å². The van der Waals surface area contributed by atoms with Gasteiger partial charge in [0, 0.05) is 23.1 Å². The van der Waals surface area contributed by atoms with E-state index in [1.165, 1.54) is 0 Å². The van der Waals surface area contributed by atoms with Gasteiger partial charge >= 0.3 is 17.9 Å². The SMILES string of the molecule is C=C(C)C(=O)OCCOC1=CC=C(c2ccc(OC(=O)C(=C)C)cc2)CC1OCCOC(=O)C(=C)C. The molecule has 0 spiro atoms. The second-order valence-corrected chi connectivity index (χ2v) is 8.20. The predicted octanol–water partition coefficient (Wildman–Crippen LogP) is 4.48. The number of carbonyl (C=O) groups excluding carboxylic acids is 3. The van der Waals surface area contributed by atoms with Gasteiger partial charge in [0.1, 0.15) is 37.4 Å². The van der Waals surface area contributed by atoms with Crippen LogP contribution in [0.25, 0.3) is 5.57 Å². The largest absolute Gasteiger partial charge is 0.492 e. The van der Waals surface area contributed by atoms with Crippen molar-refractivity contribution in [1.82, 2.24) is 0 Å². The number of benzene rings is 1. The van der Waals surface area contributed by atoms with Crippen LogP contribution >= 0.6 is 0 Å². The summed E-state index contributed by atoms with van der Waals surface area (Å²) in [6.45, 7) is 15.8. The molecular weight excluding hydrogens is 464 g/mol. The number of allylic oxidation sites excluding steroid dienone is 2. The van der Waals surface area contributed by atoms with E-state index in [0.717, 1.165) is 11.1 Å². The molecule has 36 heavy (non-hydrogen) atoms. The monoisotopic (exact) mass is 496 g/mol. The van der Waals surface area contributed by atoms with Crippen LogP contribution in [0.4, 0.5) is 0 Å². The van der Waals surface area contributed by atoms with E-state index >= 15 is 0 Å². The lowest BCUT2D eigenvalue weighted by Gasteiger charge is -2.26. The fourth-order valence-corrected chi connectivity index (χ4v) is 2.95. The molecule has 0 aliphatic heterocycles. The zero-order valence-electron chi connectivity index (χ0n) is 21.0. The van der Waals surface area contributed by atoms with E-state index in [2.05, 4.69) is 19.7 Å². The average molecular weight is 497 g/mol. The summed E-state index contributed by atoms with van der Waals surface area (Å²) in [6, 6.07) is 7.09. The van der Waals surface area contributed by atoms with Gasteiger partial charge in [0.05, 0.1) is 6.61 Å². The molecule has 0 heterocycles. The maximum absolute atomic E-state index is 11.7. The zero-order chi connectivity index (χ0) is 26.7. The second kappa shape index (κ2) is 13.8. The Morgan fingerprint density at radius 1 is 0.778 bits per heavy atom. The van der Waals surface area contributed by atoms with Crippen molar-refractivity contribution < 1.29 is 38.1 Å². The van der Waals surface area contributed by atoms with Crippen LogP contribution < -0.4 is 4.74 Å². The number of rotatable bonds is 13. The smallest absolute Gasteiger partial charge is 0.338 e. The highest BCUT2D eigenvalue weighted by atomic mass is 16.6. The van der Waals surface area contributed by atoms with Crippen molar-refractivity contribution in [3.63, 3.8) is 0 Å². The van der Waals surface area contributed by atoms with Crippen LogP contribution in [0.2, 0.25) is 0 Å².